The fourth-order valence-corrected chi connectivity index (χ4v) is 3.63. The minimum Gasteiger partial charge on any atom is -0.446 e. The van der Waals surface area contributed by atoms with Crippen LogP contribution in [0, 0.1) is 5.92 Å². The maximum Gasteiger partial charge on any atom is 0.327 e. The molecule has 3 rings (SSSR count). The number of carbonyl (C=O) groups excluding carboxylic acids is 4. The van der Waals surface area contributed by atoms with Crippen molar-refractivity contribution in [3.8, 4) is 0 Å². The van der Waals surface area contributed by atoms with Gasteiger partial charge in [-0.3, -0.25) is 19.3 Å². The van der Waals surface area contributed by atoms with Gasteiger partial charge in [0.15, 0.2) is 0 Å². The van der Waals surface area contributed by atoms with E-state index in [0.29, 0.717) is 24.3 Å². The summed E-state index contributed by atoms with van der Waals surface area (Å²) in [5.74, 6) is -1.61. The van der Waals surface area contributed by atoms with Crippen LogP contribution in [0.1, 0.15) is 44.3 Å². The Morgan fingerprint density at radius 1 is 1.26 bits per heavy atom. The Bertz CT molecular complexity index is 756. The minimum atomic E-state index is -1.27. The van der Waals surface area contributed by atoms with Crippen LogP contribution in [0.15, 0.2) is 30.3 Å². The SMILES string of the molecule is CC1CCC2(CC1)NC(=O)N(CC(=O)OC(C(N)=O)c1ccccc1)C2=O. The molecule has 1 atom stereocenters. The topological polar surface area (TPSA) is 119 Å². The predicted molar refractivity (Wildman–Crippen MR) is 95.1 cm³/mol. The van der Waals surface area contributed by atoms with Gasteiger partial charge in [0.25, 0.3) is 11.8 Å². The van der Waals surface area contributed by atoms with Crippen molar-refractivity contribution in [1.29, 1.82) is 0 Å². The number of ether oxygens (including phenoxy) is 1. The van der Waals surface area contributed by atoms with Gasteiger partial charge in [-0.1, -0.05) is 37.3 Å². The normalized spacial score (nSPS) is 26.0. The molecule has 27 heavy (non-hydrogen) atoms. The second kappa shape index (κ2) is 7.38. The number of hydrogen-bond donors (Lipinski definition) is 2. The van der Waals surface area contributed by atoms with E-state index < -0.39 is 42.0 Å². The molecule has 2 aliphatic rings. The van der Waals surface area contributed by atoms with Crippen LogP contribution in [-0.4, -0.2) is 40.8 Å². The summed E-state index contributed by atoms with van der Waals surface area (Å²) in [7, 11) is 0. The average Bonchev–Trinajstić information content (AvgIpc) is 2.87. The minimum absolute atomic E-state index is 0.410. The van der Waals surface area contributed by atoms with E-state index in [-0.39, 0.29) is 0 Å². The van der Waals surface area contributed by atoms with Crippen molar-refractivity contribution >= 4 is 23.8 Å². The molecule has 1 heterocycles. The third-order valence-electron chi connectivity index (χ3n) is 5.27. The smallest absolute Gasteiger partial charge is 0.327 e. The molecule has 0 bridgehead atoms. The van der Waals surface area contributed by atoms with Gasteiger partial charge in [0.2, 0.25) is 6.10 Å². The first kappa shape index (κ1) is 18.9. The zero-order valence-electron chi connectivity index (χ0n) is 15.1. The molecule has 0 aromatic heterocycles. The van der Waals surface area contributed by atoms with Gasteiger partial charge in [-0.2, -0.15) is 0 Å². The number of primary amides is 1. The van der Waals surface area contributed by atoms with Gasteiger partial charge in [-0.05, 0) is 31.6 Å². The summed E-state index contributed by atoms with van der Waals surface area (Å²) in [6.07, 6.45) is 1.50. The molecular weight excluding hydrogens is 350 g/mol. The van der Waals surface area contributed by atoms with Crippen LogP contribution < -0.4 is 11.1 Å². The molecular formula is C19H23N3O5. The van der Waals surface area contributed by atoms with E-state index in [4.69, 9.17) is 10.5 Å². The van der Waals surface area contributed by atoms with Gasteiger partial charge in [-0.25, -0.2) is 4.79 Å². The van der Waals surface area contributed by atoms with Crippen molar-refractivity contribution < 1.29 is 23.9 Å². The van der Waals surface area contributed by atoms with Crippen molar-refractivity contribution in [2.45, 2.75) is 44.2 Å². The Morgan fingerprint density at radius 2 is 1.89 bits per heavy atom. The van der Waals surface area contributed by atoms with Crippen molar-refractivity contribution in [3.63, 3.8) is 0 Å². The van der Waals surface area contributed by atoms with Crippen molar-refractivity contribution in [2.75, 3.05) is 6.54 Å². The number of carbonyl (C=O) groups is 4. The van der Waals surface area contributed by atoms with E-state index in [1.807, 2.05) is 0 Å². The highest BCUT2D eigenvalue weighted by molar-refractivity contribution is 6.08. The number of nitrogens with zero attached hydrogens (tertiary/aromatic N) is 1. The number of nitrogens with two attached hydrogens (primary N) is 1. The van der Waals surface area contributed by atoms with Gasteiger partial charge in [0.1, 0.15) is 12.1 Å². The van der Waals surface area contributed by atoms with Crippen LogP contribution in [0.3, 0.4) is 0 Å². The molecule has 1 aromatic carbocycles. The molecule has 1 spiro atoms. The van der Waals surface area contributed by atoms with Gasteiger partial charge >= 0.3 is 12.0 Å². The Morgan fingerprint density at radius 3 is 2.48 bits per heavy atom. The first-order chi connectivity index (χ1) is 12.8. The number of esters is 1. The van der Waals surface area contributed by atoms with Crippen molar-refractivity contribution in [1.82, 2.24) is 10.2 Å². The molecule has 144 valence electrons. The summed E-state index contributed by atoms with van der Waals surface area (Å²) in [4.78, 5) is 49.8. The molecule has 8 heteroatoms. The van der Waals surface area contributed by atoms with E-state index in [9.17, 15) is 19.2 Å². The van der Waals surface area contributed by atoms with Gasteiger partial charge in [-0.15, -0.1) is 0 Å². The molecule has 1 aliphatic heterocycles. The van der Waals surface area contributed by atoms with E-state index in [1.165, 1.54) is 0 Å². The summed E-state index contributed by atoms with van der Waals surface area (Å²) in [6, 6.07) is 7.72. The second-order valence-electron chi connectivity index (χ2n) is 7.27. The molecule has 2 fully saturated rings. The monoisotopic (exact) mass is 373 g/mol. The van der Waals surface area contributed by atoms with Crippen LogP contribution in [0.4, 0.5) is 4.79 Å². The lowest BCUT2D eigenvalue weighted by Crippen LogP contribution is -2.49. The molecule has 1 aliphatic carbocycles. The van der Waals surface area contributed by atoms with E-state index in [2.05, 4.69) is 12.2 Å². The average molecular weight is 373 g/mol. The highest BCUT2D eigenvalue weighted by Crippen LogP contribution is 2.36. The lowest BCUT2D eigenvalue weighted by Gasteiger charge is -2.33. The second-order valence-corrected chi connectivity index (χ2v) is 7.27. The number of nitrogens with one attached hydrogen (secondary N) is 1. The molecule has 1 saturated heterocycles. The third-order valence-corrected chi connectivity index (χ3v) is 5.27. The zero-order valence-corrected chi connectivity index (χ0v) is 15.1. The van der Waals surface area contributed by atoms with Crippen LogP contribution in [0.2, 0.25) is 0 Å². The lowest BCUT2D eigenvalue weighted by molar-refractivity contribution is -0.157. The molecule has 1 unspecified atom stereocenters. The summed E-state index contributed by atoms with van der Waals surface area (Å²) in [5, 5.41) is 2.74. The summed E-state index contributed by atoms with van der Waals surface area (Å²) >= 11 is 0. The molecule has 1 saturated carbocycles. The van der Waals surface area contributed by atoms with E-state index in [0.717, 1.165) is 17.7 Å². The number of benzene rings is 1. The number of urea groups is 1. The molecule has 3 N–H and O–H groups in total. The fourth-order valence-electron chi connectivity index (χ4n) is 3.63. The van der Waals surface area contributed by atoms with Crippen LogP contribution in [0.25, 0.3) is 0 Å². The Labute approximate surface area is 157 Å². The van der Waals surface area contributed by atoms with E-state index >= 15 is 0 Å². The number of hydrogen-bond acceptors (Lipinski definition) is 5. The Hall–Kier alpha value is -2.90. The number of amides is 4. The highest BCUT2D eigenvalue weighted by Gasteiger charge is 2.52. The fraction of sp³-hybridized carbons (Fsp3) is 0.474. The van der Waals surface area contributed by atoms with E-state index in [1.54, 1.807) is 30.3 Å². The quantitative estimate of drug-likeness (QED) is 0.595. The summed E-state index contributed by atoms with van der Waals surface area (Å²) in [6.45, 7) is 1.55. The maximum absolute atomic E-state index is 12.8. The Balaban J connectivity index is 1.67. The predicted octanol–water partition coefficient (Wildman–Crippen LogP) is 1.26. The van der Waals surface area contributed by atoms with Crippen LogP contribution >= 0.6 is 0 Å². The summed E-state index contributed by atoms with van der Waals surface area (Å²) in [5.41, 5.74) is 4.83. The molecule has 4 amide bonds. The van der Waals surface area contributed by atoms with Crippen molar-refractivity contribution in [3.05, 3.63) is 35.9 Å². The van der Waals surface area contributed by atoms with Crippen LogP contribution in [-0.2, 0) is 19.1 Å². The van der Waals surface area contributed by atoms with Gasteiger partial charge < -0.3 is 15.8 Å². The molecule has 8 nitrogen and oxygen atoms in total. The van der Waals surface area contributed by atoms with Gasteiger partial charge in [0.05, 0.1) is 0 Å². The first-order valence-corrected chi connectivity index (χ1v) is 9.00. The van der Waals surface area contributed by atoms with Gasteiger partial charge in [0, 0.05) is 5.56 Å². The molecule has 0 radical (unpaired) electrons. The number of imide groups is 1. The summed E-state index contributed by atoms with van der Waals surface area (Å²) < 4.78 is 5.16. The first-order valence-electron chi connectivity index (χ1n) is 9.00. The highest BCUT2D eigenvalue weighted by atomic mass is 16.5. The molecule has 1 aromatic rings. The van der Waals surface area contributed by atoms with Crippen molar-refractivity contribution in [2.24, 2.45) is 11.7 Å². The van der Waals surface area contributed by atoms with Crippen LogP contribution in [0.5, 0.6) is 0 Å². The third kappa shape index (κ3) is 3.79. The Kier molecular flexibility index (Phi) is 5.16. The lowest BCUT2D eigenvalue weighted by atomic mass is 9.77. The zero-order chi connectivity index (χ0) is 19.6. The largest absolute Gasteiger partial charge is 0.446 e. The number of rotatable bonds is 5. The standard InChI is InChI=1S/C19H23N3O5/c1-12-7-9-19(10-8-12)17(25)22(18(26)21-19)11-14(23)27-15(16(20)24)13-5-3-2-4-6-13/h2-6,12,15H,7-11H2,1H3,(H2,20,24)(H,21,26). The maximum atomic E-state index is 12.8.